The van der Waals surface area contributed by atoms with Gasteiger partial charge in [0.2, 0.25) is 0 Å². The van der Waals surface area contributed by atoms with Crippen molar-refractivity contribution in [2.45, 2.75) is 64.2 Å². The molecular weight excluding hydrogens is 254 g/mol. The molecule has 1 nitrogen and oxygen atoms in total. The molecule has 106 valence electrons. The topological polar surface area (TPSA) is 12.9 Å². The molecule has 1 heterocycles. The Morgan fingerprint density at radius 2 is 1.89 bits per heavy atom. The molecule has 0 spiro atoms. The number of pyridine rings is 1. The van der Waals surface area contributed by atoms with E-state index in [2.05, 4.69) is 37.9 Å². The maximum Gasteiger partial charge on any atom is 0.0473 e. The van der Waals surface area contributed by atoms with Gasteiger partial charge in [-0.15, -0.1) is 11.6 Å². The van der Waals surface area contributed by atoms with Gasteiger partial charge in [0.15, 0.2) is 0 Å². The van der Waals surface area contributed by atoms with E-state index in [0.29, 0.717) is 11.3 Å². The molecule has 1 aromatic heterocycles. The molecule has 0 aromatic carbocycles. The molecule has 1 saturated carbocycles. The van der Waals surface area contributed by atoms with E-state index in [4.69, 9.17) is 11.6 Å². The van der Waals surface area contributed by atoms with Crippen molar-refractivity contribution < 1.29 is 0 Å². The second kappa shape index (κ2) is 6.26. The summed E-state index contributed by atoms with van der Waals surface area (Å²) >= 11 is 6.93. The Morgan fingerprint density at radius 3 is 2.42 bits per heavy atom. The molecular formula is C17H26ClN. The van der Waals surface area contributed by atoms with E-state index in [1.54, 1.807) is 0 Å². The molecule has 0 amide bonds. The van der Waals surface area contributed by atoms with E-state index < -0.39 is 0 Å². The first-order valence-electron chi connectivity index (χ1n) is 7.60. The maximum atomic E-state index is 6.93. The van der Waals surface area contributed by atoms with Crippen molar-refractivity contribution in [2.24, 2.45) is 11.3 Å². The molecule has 2 unspecified atom stereocenters. The summed E-state index contributed by atoms with van der Waals surface area (Å²) in [6.45, 7) is 6.87. The van der Waals surface area contributed by atoms with Crippen molar-refractivity contribution in [3.05, 3.63) is 30.1 Å². The van der Waals surface area contributed by atoms with Gasteiger partial charge < -0.3 is 0 Å². The van der Waals surface area contributed by atoms with Crippen molar-refractivity contribution >= 4 is 11.6 Å². The SMILES string of the molecule is CC(C)CC1(C(Cl)C(C)c2ccccn2)CCCC1. The number of alkyl halides is 1. The summed E-state index contributed by atoms with van der Waals surface area (Å²) in [7, 11) is 0. The largest absolute Gasteiger partial charge is 0.261 e. The molecule has 0 bridgehead atoms. The molecule has 1 aliphatic rings. The second-order valence-corrected chi connectivity index (χ2v) is 7.08. The van der Waals surface area contributed by atoms with E-state index in [1.165, 1.54) is 32.1 Å². The Hall–Kier alpha value is -0.560. The molecule has 2 heteroatoms. The molecule has 1 aliphatic carbocycles. The highest BCUT2D eigenvalue weighted by Crippen LogP contribution is 2.51. The molecule has 2 atom stereocenters. The summed E-state index contributed by atoms with van der Waals surface area (Å²) in [5.74, 6) is 1.05. The number of hydrogen-bond acceptors (Lipinski definition) is 1. The quantitative estimate of drug-likeness (QED) is 0.658. The first kappa shape index (κ1) is 14.8. The number of rotatable bonds is 5. The summed E-state index contributed by atoms with van der Waals surface area (Å²) in [6.07, 6.45) is 8.38. The Balaban J connectivity index is 2.17. The third-order valence-corrected chi connectivity index (χ3v) is 5.43. The molecule has 2 rings (SSSR count). The number of nitrogens with zero attached hydrogens (tertiary/aromatic N) is 1. The number of hydrogen-bond donors (Lipinski definition) is 0. The minimum Gasteiger partial charge on any atom is -0.261 e. The van der Waals surface area contributed by atoms with E-state index in [1.807, 2.05) is 12.3 Å². The highest BCUT2D eigenvalue weighted by atomic mass is 35.5. The first-order chi connectivity index (χ1) is 9.05. The van der Waals surface area contributed by atoms with Crippen molar-refractivity contribution in [2.75, 3.05) is 0 Å². The second-order valence-electron chi connectivity index (χ2n) is 6.61. The van der Waals surface area contributed by atoms with Crippen LogP contribution in [0.4, 0.5) is 0 Å². The van der Waals surface area contributed by atoms with Crippen LogP contribution < -0.4 is 0 Å². The summed E-state index contributed by atoms with van der Waals surface area (Å²) in [6, 6.07) is 6.14. The van der Waals surface area contributed by atoms with Gasteiger partial charge in [0.05, 0.1) is 0 Å². The van der Waals surface area contributed by atoms with Crippen LogP contribution in [0.3, 0.4) is 0 Å². The van der Waals surface area contributed by atoms with Crippen molar-refractivity contribution in [3.63, 3.8) is 0 Å². The molecule has 19 heavy (non-hydrogen) atoms. The lowest BCUT2D eigenvalue weighted by Crippen LogP contribution is -2.34. The molecule has 0 aliphatic heterocycles. The average Bonchev–Trinajstić information content (AvgIpc) is 2.87. The molecule has 0 radical (unpaired) electrons. The van der Waals surface area contributed by atoms with Crippen LogP contribution in [0.5, 0.6) is 0 Å². The minimum absolute atomic E-state index is 0.201. The minimum atomic E-state index is 0.201. The summed E-state index contributed by atoms with van der Waals surface area (Å²) in [5, 5.41) is 0.201. The fourth-order valence-electron chi connectivity index (χ4n) is 3.81. The molecule has 0 saturated heterocycles. The number of halogens is 1. The van der Waals surface area contributed by atoms with Crippen LogP contribution in [-0.4, -0.2) is 10.4 Å². The highest BCUT2D eigenvalue weighted by molar-refractivity contribution is 6.21. The van der Waals surface area contributed by atoms with Gasteiger partial charge in [-0.2, -0.15) is 0 Å². The zero-order valence-corrected chi connectivity index (χ0v) is 13.2. The van der Waals surface area contributed by atoms with Gasteiger partial charge in [-0.05, 0) is 42.7 Å². The fourth-order valence-corrected chi connectivity index (χ4v) is 4.25. The predicted molar refractivity (Wildman–Crippen MR) is 82.6 cm³/mol. The van der Waals surface area contributed by atoms with Gasteiger partial charge >= 0.3 is 0 Å². The Labute approximate surface area is 122 Å². The van der Waals surface area contributed by atoms with E-state index in [9.17, 15) is 0 Å². The van der Waals surface area contributed by atoms with Crippen LogP contribution >= 0.6 is 11.6 Å². The van der Waals surface area contributed by atoms with E-state index >= 15 is 0 Å². The zero-order chi connectivity index (χ0) is 13.9. The van der Waals surface area contributed by atoms with Gasteiger partial charge in [0, 0.05) is 23.2 Å². The van der Waals surface area contributed by atoms with Gasteiger partial charge in [-0.25, -0.2) is 0 Å². The van der Waals surface area contributed by atoms with Crippen LogP contribution in [0.2, 0.25) is 0 Å². The fraction of sp³-hybridized carbons (Fsp3) is 0.706. The average molecular weight is 280 g/mol. The van der Waals surface area contributed by atoms with Crippen LogP contribution in [-0.2, 0) is 0 Å². The first-order valence-corrected chi connectivity index (χ1v) is 8.04. The normalized spacial score (nSPS) is 21.5. The molecule has 1 fully saturated rings. The van der Waals surface area contributed by atoms with Crippen molar-refractivity contribution in [3.8, 4) is 0 Å². The summed E-state index contributed by atoms with van der Waals surface area (Å²) in [5.41, 5.74) is 1.46. The predicted octanol–water partition coefficient (Wildman–Crippen LogP) is 5.40. The maximum absolute atomic E-state index is 6.93. The number of aromatic nitrogens is 1. The van der Waals surface area contributed by atoms with Gasteiger partial charge in [0.25, 0.3) is 0 Å². The van der Waals surface area contributed by atoms with Crippen LogP contribution in [0.15, 0.2) is 24.4 Å². The van der Waals surface area contributed by atoms with Crippen LogP contribution in [0.1, 0.15) is 64.5 Å². The van der Waals surface area contributed by atoms with Gasteiger partial charge in [0.1, 0.15) is 0 Å². The zero-order valence-electron chi connectivity index (χ0n) is 12.4. The Bertz CT molecular complexity index is 382. The van der Waals surface area contributed by atoms with Gasteiger partial charge in [-0.3, -0.25) is 4.98 Å². The Morgan fingerprint density at radius 1 is 1.21 bits per heavy atom. The molecule has 0 N–H and O–H groups in total. The van der Waals surface area contributed by atoms with Crippen LogP contribution in [0, 0.1) is 11.3 Å². The molecule has 1 aromatic rings. The highest BCUT2D eigenvalue weighted by Gasteiger charge is 2.43. The lowest BCUT2D eigenvalue weighted by atomic mass is 9.71. The summed E-state index contributed by atoms with van der Waals surface area (Å²) in [4.78, 5) is 4.50. The van der Waals surface area contributed by atoms with Crippen LogP contribution in [0.25, 0.3) is 0 Å². The lowest BCUT2D eigenvalue weighted by molar-refractivity contribution is 0.207. The van der Waals surface area contributed by atoms with Gasteiger partial charge in [-0.1, -0.05) is 39.7 Å². The summed E-state index contributed by atoms with van der Waals surface area (Å²) < 4.78 is 0. The third-order valence-electron chi connectivity index (χ3n) is 4.59. The van der Waals surface area contributed by atoms with E-state index in [0.717, 1.165) is 11.6 Å². The monoisotopic (exact) mass is 279 g/mol. The lowest BCUT2D eigenvalue weighted by Gasteiger charge is -2.38. The van der Waals surface area contributed by atoms with E-state index in [-0.39, 0.29) is 5.38 Å². The smallest absolute Gasteiger partial charge is 0.0473 e. The standard InChI is InChI=1S/C17H26ClN/c1-13(2)12-17(9-5-6-10-17)16(18)14(3)15-8-4-7-11-19-15/h4,7-8,11,13-14,16H,5-6,9-10,12H2,1-3H3. The van der Waals surface area contributed by atoms with Crippen molar-refractivity contribution in [1.82, 2.24) is 4.98 Å². The Kier molecular flexibility index (Phi) is 4.89. The van der Waals surface area contributed by atoms with Crippen molar-refractivity contribution in [1.29, 1.82) is 0 Å². The third kappa shape index (κ3) is 3.31.